The maximum Gasteiger partial charge on any atom is 0.260 e. The summed E-state index contributed by atoms with van der Waals surface area (Å²) in [5.74, 6) is 0.0592. The van der Waals surface area contributed by atoms with Crippen molar-refractivity contribution >= 4 is 11.8 Å². The lowest BCUT2D eigenvalue weighted by Crippen LogP contribution is -2.52. The third-order valence-corrected chi connectivity index (χ3v) is 4.42. The number of nitrogens with zero attached hydrogens (tertiary/aromatic N) is 2. The summed E-state index contributed by atoms with van der Waals surface area (Å²) >= 11 is 0. The molecule has 1 fully saturated rings. The normalized spacial score (nSPS) is 13.9. The van der Waals surface area contributed by atoms with Crippen molar-refractivity contribution in [2.45, 2.75) is 0 Å². The average molecular weight is 386 g/mol. The first-order valence-electron chi connectivity index (χ1n) is 8.91. The van der Waals surface area contributed by atoms with Crippen molar-refractivity contribution in [2.75, 3.05) is 39.4 Å². The van der Waals surface area contributed by atoms with Crippen molar-refractivity contribution in [1.29, 1.82) is 0 Å². The Morgan fingerprint density at radius 1 is 0.714 bits per heavy atom. The molecule has 0 bridgehead atoms. The van der Waals surface area contributed by atoms with Crippen LogP contribution in [0.2, 0.25) is 0 Å². The molecule has 3 rings (SSSR count). The molecule has 1 aliphatic heterocycles. The minimum atomic E-state index is -0.208. The molecule has 2 N–H and O–H groups in total. The molecule has 1 aliphatic rings. The van der Waals surface area contributed by atoms with E-state index < -0.39 is 0 Å². The van der Waals surface area contributed by atoms with Crippen LogP contribution in [0.5, 0.6) is 23.0 Å². The number of rotatable bonds is 6. The zero-order valence-electron chi connectivity index (χ0n) is 15.3. The quantitative estimate of drug-likeness (QED) is 0.775. The molecule has 2 amide bonds. The first-order chi connectivity index (χ1) is 13.5. The van der Waals surface area contributed by atoms with Gasteiger partial charge in [0.2, 0.25) is 0 Å². The molecule has 0 unspecified atom stereocenters. The topological polar surface area (TPSA) is 99.5 Å². The summed E-state index contributed by atoms with van der Waals surface area (Å²) in [6.45, 7) is 1.22. The number of para-hydroxylation sites is 4. The summed E-state index contributed by atoms with van der Waals surface area (Å²) in [5.41, 5.74) is 0. The van der Waals surface area contributed by atoms with E-state index in [1.807, 2.05) is 0 Å². The molecule has 8 heteroatoms. The third kappa shape index (κ3) is 4.85. The number of amides is 2. The molecule has 2 aromatic carbocycles. The average Bonchev–Trinajstić information content (AvgIpc) is 2.72. The maximum absolute atomic E-state index is 12.3. The van der Waals surface area contributed by atoms with Gasteiger partial charge in [0.15, 0.2) is 36.2 Å². The fourth-order valence-corrected chi connectivity index (χ4v) is 2.83. The molecular formula is C20H22N2O6. The van der Waals surface area contributed by atoms with Gasteiger partial charge < -0.3 is 29.5 Å². The Balaban J connectivity index is 1.42. The van der Waals surface area contributed by atoms with Crippen LogP contribution >= 0.6 is 0 Å². The summed E-state index contributed by atoms with van der Waals surface area (Å²) in [4.78, 5) is 27.8. The number of carbonyl (C=O) groups excluding carboxylic acids is 2. The van der Waals surface area contributed by atoms with E-state index in [0.717, 1.165) is 0 Å². The largest absolute Gasteiger partial charge is 0.504 e. The van der Waals surface area contributed by atoms with E-state index in [4.69, 9.17) is 9.47 Å². The molecule has 28 heavy (non-hydrogen) atoms. The Bertz CT molecular complexity index is 763. The first kappa shape index (κ1) is 19.3. The Morgan fingerprint density at radius 2 is 1.07 bits per heavy atom. The minimum Gasteiger partial charge on any atom is -0.504 e. The maximum atomic E-state index is 12.3. The van der Waals surface area contributed by atoms with E-state index in [1.54, 1.807) is 46.2 Å². The zero-order chi connectivity index (χ0) is 19.9. The molecule has 0 aromatic heterocycles. The van der Waals surface area contributed by atoms with E-state index in [-0.39, 0.29) is 48.0 Å². The smallest absolute Gasteiger partial charge is 0.260 e. The Hall–Kier alpha value is -3.42. The highest BCUT2D eigenvalue weighted by Gasteiger charge is 2.24. The number of benzene rings is 2. The van der Waals surface area contributed by atoms with Crippen LogP contribution in [0.3, 0.4) is 0 Å². The van der Waals surface area contributed by atoms with Crippen LogP contribution < -0.4 is 9.47 Å². The van der Waals surface area contributed by atoms with Crippen LogP contribution in [0.4, 0.5) is 0 Å². The summed E-state index contributed by atoms with van der Waals surface area (Å²) in [6.07, 6.45) is 0. The van der Waals surface area contributed by atoms with Gasteiger partial charge in [0.25, 0.3) is 11.8 Å². The van der Waals surface area contributed by atoms with Crippen molar-refractivity contribution in [3.63, 3.8) is 0 Å². The van der Waals surface area contributed by atoms with Crippen molar-refractivity contribution < 1.29 is 29.3 Å². The second-order valence-corrected chi connectivity index (χ2v) is 6.27. The van der Waals surface area contributed by atoms with Crippen molar-refractivity contribution in [1.82, 2.24) is 9.80 Å². The van der Waals surface area contributed by atoms with E-state index in [2.05, 4.69) is 0 Å². The predicted octanol–water partition coefficient (Wildman–Crippen LogP) is 1.23. The van der Waals surface area contributed by atoms with E-state index in [1.165, 1.54) is 12.1 Å². The number of hydrogen-bond acceptors (Lipinski definition) is 6. The molecule has 2 aromatic rings. The summed E-state index contributed by atoms with van der Waals surface area (Å²) in [5, 5.41) is 19.3. The third-order valence-electron chi connectivity index (χ3n) is 4.42. The fourth-order valence-electron chi connectivity index (χ4n) is 2.83. The molecule has 8 nitrogen and oxygen atoms in total. The van der Waals surface area contributed by atoms with Crippen molar-refractivity contribution in [3.05, 3.63) is 48.5 Å². The van der Waals surface area contributed by atoms with Gasteiger partial charge in [-0.2, -0.15) is 0 Å². The van der Waals surface area contributed by atoms with Gasteiger partial charge in [0.1, 0.15) is 0 Å². The number of phenolic OH excluding ortho intramolecular Hbond substituents is 2. The number of ether oxygens (including phenoxy) is 2. The SMILES string of the molecule is O=C(COc1ccccc1O)N1CCN(C(=O)COc2ccccc2O)CC1. The first-order valence-corrected chi connectivity index (χ1v) is 8.91. The van der Waals surface area contributed by atoms with Gasteiger partial charge >= 0.3 is 0 Å². The Kier molecular flexibility index (Phi) is 6.21. The van der Waals surface area contributed by atoms with Gasteiger partial charge in [-0.25, -0.2) is 0 Å². The van der Waals surface area contributed by atoms with Gasteiger partial charge in [-0.3, -0.25) is 9.59 Å². The van der Waals surface area contributed by atoms with E-state index in [9.17, 15) is 19.8 Å². The number of phenols is 2. The molecule has 1 heterocycles. The molecule has 0 saturated carbocycles. The van der Waals surface area contributed by atoms with Crippen LogP contribution in [0.1, 0.15) is 0 Å². The van der Waals surface area contributed by atoms with Crippen LogP contribution in [0.15, 0.2) is 48.5 Å². The van der Waals surface area contributed by atoms with Crippen LogP contribution in [0.25, 0.3) is 0 Å². The second kappa shape index (κ2) is 8.98. The number of carbonyl (C=O) groups is 2. The second-order valence-electron chi connectivity index (χ2n) is 6.27. The highest BCUT2D eigenvalue weighted by Crippen LogP contribution is 2.25. The number of hydrogen-bond donors (Lipinski definition) is 2. The van der Waals surface area contributed by atoms with Gasteiger partial charge in [0.05, 0.1) is 0 Å². The Morgan fingerprint density at radius 3 is 1.43 bits per heavy atom. The molecule has 148 valence electrons. The van der Waals surface area contributed by atoms with Gasteiger partial charge in [0, 0.05) is 26.2 Å². The zero-order valence-corrected chi connectivity index (χ0v) is 15.3. The van der Waals surface area contributed by atoms with E-state index >= 15 is 0 Å². The molecule has 0 atom stereocenters. The van der Waals surface area contributed by atoms with Crippen LogP contribution in [-0.2, 0) is 9.59 Å². The monoisotopic (exact) mass is 386 g/mol. The minimum absolute atomic E-state index is 0.0184. The van der Waals surface area contributed by atoms with Gasteiger partial charge in [-0.15, -0.1) is 0 Å². The lowest BCUT2D eigenvalue weighted by Gasteiger charge is -2.34. The molecule has 0 radical (unpaired) electrons. The summed E-state index contributed by atoms with van der Waals surface area (Å²) in [6, 6.07) is 12.9. The predicted molar refractivity (Wildman–Crippen MR) is 100 cm³/mol. The standard InChI is InChI=1S/C20H22N2O6/c23-15-5-1-3-7-17(15)27-13-19(25)21-9-11-22(12-10-21)20(26)14-28-18-8-4-2-6-16(18)24/h1-8,23-24H,9-14H2. The van der Waals surface area contributed by atoms with Crippen molar-refractivity contribution in [2.24, 2.45) is 0 Å². The molecular weight excluding hydrogens is 364 g/mol. The highest BCUT2D eigenvalue weighted by molar-refractivity contribution is 5.80. The molecule has 0 spiro atoms. The van der Waals surface area contributed by atoms with Gasteiger partial charge in [-0.05, 0) is 24.3 Å². The molecule has 0 aliphatic carbocycles. The highest BCUT2D eigenvalue weighted by atomic mass is 16.5. The number of piperazine rings is 1. The lowest BCUT2D eigenvalue weighted by molar-refractivity contribution is -0.141. The van der Waals surface area contributed by atoms with Crippen molar-refractivity contribution in [3.8, 4) is 23.0 Å². The summed E-state index contributed by atoms with van der Waals surface area (Å²) in [7, 11) is 0. The van der Waals surface area contributed by atoms with Crippen LogP contribution in [-0.4, -0.2) is 71.2 Å². The number of aromatic hydroxyl groups is 2. The fraction of sp³-hybridized carbons (Fsp3) is 0.300. The van der Waals surface area contributed by atoms with E-state index in [0.29, 0.717) is 26.2 Å². The summed E-state index contributed by atoms with van der Waals surface area (Å²) < 4.78 is 10.7. The lowest BCUT2D eigenvalue weighted by atomic mass is 10.3. The van der Waals surface area contributed by atoms with Crippen LogP contribution in [0, 0.1) is 0 Å². The Labute approximate surface area is 162 Å². The molecule has 1 saturated heterocycles. The van der Waals surface area contributed by atoms with Gasteiger partial charge in [-0.1, -0.05) is 24.3 Å².